The van der Waals surface area contributed by atoms with Crippen molar-refractivity contribution < 1.29 is 17.6 Å². The lowest BCUT2D eigenvalue weighted by Gasteiger charge is -2.53. The minimum absolute atomic E-state index is 0.0108. The van der Waals surface area contributed by atoms with Crippen LogP contribution in [-0.2, 0) is 24.2 Å². The fraction of sp³-hybridized carbons (Fsp3) is 0.571. The molecule has 2 aliphatic rings. The zero-order chi connectivity index (χ0) is 33.9. The largest absolute Gasteiger partial charge is 0.418 e. The summed E-state index contributed by atoms with van der Waals surface area (Å²) < 4.78 is 55.1. The van der Waals surface area contributed by atoms with Crippen molar-refractivity contribution in [3.63, 3.8) is 0 Å². The van der Waals surface area contributed by atoms with Crippen LogP contribution < -0.4 is 5.69 Å². The van der Waals surface area contributed by atoms with E-state index in [1.54, 1.807) is 18.6 Å². The first-order chi connectivity index (χ1) is 22.0. The molecule has 12 heteroatoms. The Balaban J connectivity index is 1.45. The summed E-state index contributed by atoms with van der Waals surface area (Å²) in [5, 5.41) is 8.72. The molecule has 3 aromatic heterocycles. The zero-order valence-electron chi connectivity index (χ0n) is 28.6. The second kappa shape index (κ2) is 12.0. The van der Waals surface area contributed by atoms with Crippen LogP contribution in [0.3, 0.4) is 0 Å². The van der Waals surface area contributed by atoms with Crippen LogP contribution in [0.5, 0.6) is 0 Å². The van der Waals surface area contributed by atoms with Gasteiger partial charge in [-0.05, 0) is 92.0 Å². The Bertz CT molecular complexity index is 1810. The zero-order valence-corrected chi connectivity index (χ0v) is 29.6. The third-order valence-corrected chi connectivity index (χ3v) is 15.3. The highest BCUT2D eigenvalue weighted by Gasteiger charge is 2.53. The van der Waals surface area contributed by atoms with Crippen LogP contribution in [0.4, 0.5) is 13.2 Å². The highest BCUT2D eigenvalue weighted by Crippen LogP contribution is 2.53. The number of piperidine rings is 1. The number of fused-ring (bicyclic) bond motifs is 1. The number of aryl methyl sites for hydroxylation is 1. The molecule has 1 aliphatic heterocycles. The summed E-state index contributed by atoms with van der Waals surface area (Å²) in [7, 11) is -0.307. The summed E-state index contributed by atoms with van der Waals surface area (Å²) in [6.45, 7) is 15.4. The van der Waals surface area contributed by atoms with Crippen molar-refractivity contribution in [2.24, 2.45) is 13.0 Å². The third kappa shape index (κ3) is 6.36. The van der Waals surface area contributed by atoms with E-state index in [2.05, 4.69) is 55.9 Å². The number of hydrogen-bond donors (Lipinski definition) is 0. The minimum Gasteiger partial charge on any atom is -0.410 e. The van der Waals surface area contributed by atoms with Gasteiger partial charge in [0.15, 0.2) is 8.32 Å². The maximum atomic E-state index is 14.5. The van der Waals surface area contributed by atoms with Crippen molar-refractivity contribution in [3.05, 3.63) is 82.1 Å². The highest BCUT2D eigenvalue weighted by molar-refractivity contribution is 6.74. The molecule has 254 valence electrons. The number of rotatable bonds is 8. The second-order valence-corrected chi connectivity index (χ2v) is 20.1. The molecule has 2 fully saturated rings. The van der Waals surface area contributed by atoms with Gasteiger partial charge in [-0.2, -0.15) is 13.2 Å². The number of hydrogen-bond acceptors (Lipinski definition) is 5. The Morgan fingerprint density at radius 2 is 1.85 bits per heavy atom. The summed E-state index contributed by atoms with van der Waals surface area (Å²) >= 11 is 0. The van der Waals surface area contributed by atoms with Crippen molar-refractivity contribution in [3.8, 4) is 5.69 Å². The summed E-state index contributed by atoms with van der Waals surface area (Å²) in [5.74, 6) is 0.961. The number of imidazole rings is 1. The van der Waals surface area contributed by atoms with Gasteiger partial charge < -0.3 is 8.99 Å². The molecule has 0 spiro atoms. The maximum absolute atomic E-state index is 14.5. The van der Waals surface area contributed by atoms with Gasteiger partial charge in [-0.15, -0.1) is 10.2 Å². The van der Waals surface area contributed by atoms with E-state index in [1.807, 2.05) is 29.8 Å². The summed E-state index contributed by atoms with van der Waals surface area (Å²) in [6, 6.07) is 8.73. The minimum atomic E-state index is -4.62. The normalized spacial score (nSPS) is 20.0. The van der Waals surface area contributed by atoms with Crippen molar-refractivity contribution in [2.75, 3.05) is 13.1 Å². The number of likely N-dealkylation sites (tertiary alicyclic amines) is 1. The standard InChI is InChI=1S/C35H47F3N6O2Si/c1-24-11-9-16-42(19-24)20-25-17-28(35(36,37)38)29-22-43(32(45)44(29)21-25)27-13-8-12-26(18-27)30(31-40-39-23-41(31)5)34(14-10-15-34)46-47(6,7)33(2,3)4/h8,12-13,17-18,21-24,30H,9-11,14-16,19-20H2,1-7H3/t24-,30?/m0/s1. The Labute approximate surface area is 275 Å². The number of aromatic nitrogens is 5. The molecule has 47 heavy (non-hydrogen) atoms. The molecule has 1 unspecified atom stereocenters. The Kier molecular flexibility index (Phi) is 8.62. The molecule has 0 N–H and O–H groups in total. The van der Waals surface area contributed by atoms with Crippen LogP contribution in [-0.4, -0.2) is 55.6 Å². The predicted octanol–water partition coefficient (Wildman–Crippen LogP) is 7.55. The van der Waals surface area contributed by atoms with E-state index in [9.17, 15) is 18.0 Å². The van der Waals surface area contributed by atoms with Gasteiger partial charge in [-0.25, -0.2) is 4.79 Å². The first kappa shape index (κ1) is 33.7. The van der Waals surface area contributed by atoms with Crippen LogP contribution in [0.25, 0.3) is 11.2 Å². The highest BCUT2D eigenvalue weighted by atomic mass is 28.4. The van der Waals surface area contributed by atoms with Crippen LogP contribution in [0.15, 0.2) is 53.8 Å². The van der Waals surface area contributed by atoms with Crippen molar-refractivity contribution in [1.29, 1.82) is 0 Å². The van der Waals surface area contributed by atoms with Gasteiger partial charge in [0, 0.05) is 32.5 Å². The average Bonchev–Trinajstić information content (AvgIpc) is 3.53. The smallest absolute Gasteiger partial charge is 0.410 e. The van der Waals surface area contributed by atoms with Crippen molar-refractivity contribution >= 4 is 13.8 Å². The van der Waals surface area contributed by atoms with Crippen LogP contribution in [0, 0.1) is 5.92 Å². The van der Waals surface area contributed by atoms with E-state index in [-0.39, 0.29) is 16.5 Å². The maximum Gasteiger partial charge on any atom is 0.418 e. The lowest BCUT2D eigenvalue weighted by Crippen LogP contribution is -2.56. The van der Waals surface area contributed by atoms with Gasteiger partial charge in [0.05, 0.1) is 28.3 Å². The first-order valence-corrected chi connectivity index (χ1v) is 19.6. The number of halogens is 3. The Morgan fingerprint density at radius 3 is 2.45 bits per heavy atom. The second-order valence-electron chi connectivity index (χ2n) is 15.4. The third-order valence-electron chi connectivity index (χ3n) is 10.8. The quantitative estimate of drug-likeness (QED) is 0.182. The van der Waals surface area contributed by atoms with Gasteiger partial charge in [0.2, 0.25) is 0 Å². The van der Waals surface area contributed by atoms with Crippen LogP contribution in [0.1, 0.15) is 88.2 Å². The first-order valence-electron chi connectivity index (χ1n) is 16.7. The summed E-state index contributed by atoms with van der Waals surface area (Å²) in [5.41, 5.74) is -0.166. The molecule has 0 amide bonds. The van der Waals surface area contributed by atoms with Gasteiger partial charge in [-0.1, -0.05) is 39.8 Å². The predicted molar refractivity (Wildman–Crippen MR) is 179 cm³/mol. The SMILES string of the molecule is C[C@H]1CCCN(Cc2cc(C(F)(F)F)c3cn(-c4cccc(C(c5nncn5C)C5(O[Si](C)(C)C(C)(C)C)CCC5)c4)c(=O)n3c2)C1. The molecule has 4 aromatic rings. The molecule has 4 heterocycles. The molecular formula is C35H47F3N6O2Si. The Morgan fingerprint density at radius 1 is 1.11 bits per heavy atom. The van der Waals surface area contributed by atoms with Gasteiger partial charge in [0.25, 0.3) is 0 Å². The molecule has 1 aromatic carbocycles. The average molecular weight is 669 g/mol. The molecule has 2 atom stereocenters. The Hall–Kier alpha value is -3.22. The molecular weight excluding hydrogens is 622 g/mol. The van der Waals surface area contributed by atoms with E-state index in [1.165, 1.54) is 16.8 Å². The lowest BCUT2D eigenvalue weighted by molar-refractivity contribution is -0.136. The molecule has 8 nitrogen and oxygen atoms in total. The monoisotopic (exact) mass is 668 g/mol. The van der Waals surface area contributed by atoms with Gasteiger partial charge >= 0.3 is 11.9 Å². The van der Waals surface area contributed by atoms with Gasteiger partial charge in [0.1, 0.15) is 12.2 Å². The van der Waals surface area contributed by atoms with E-state index >= 15 is 0 Å². The van der Waals surface area contributed by atoms with Crippen molar-refractivity contribution in [2.45, 2.75) is 102 Å². The van der Waals surface area contributed by atoms with Crippen LogP contribution >= 0.6 is 0 Å². The molecule has 1 saturated carbocycles. The number of pyridine rings is 1. The number of nitrogens with zero attached hydrogens (tertiary/aromatic N) is 6. The fourth-order valence-electron chi connectivity index (χ4n) is 7.16. The molecule has 6 rings (SSSR count). The molecule has 0 bridgehead atoms. The summed E-state index contributed by atoms with van der Waals surface area (Å²) in [4.78, 5) is 16.1. The van der Waals surface area contributed by atoms with E-state index < -0.39 is 31.3 Å². The molecule has 0 radical (unpaired) electrons. The van der Waals surface area contributed by atoms with Crippen LogP contribution in [0.2, 0.25) is 18.1 Å². The molecule has 1 saturated heterocycles. The summed E-state index contributed by atoms with van der Waals surface area (Å²) in [6.07, 6.45) is 4.81. The van der Waals surface area contributed by atoms with Gasteiger partial charge in [-0.3, -0.25) is 13.9 Å². The topological polar surface area (TPSA) is 69.6 Å². The van der Waals surface area contributed by atoms with E-state index in [4.69, 9.17) is 4.43 Å². The fourth-order valence-corrected chi connectivity index (χ4v) is 8.81. The number of alkyl halides is 3. The number of benzene rings is 1. The molecule has 1 aliphatic carbocycles. The lowest BCUT2D eigenvalue weighted by atomic mass is 9.68. The van der Waals surface area contributed by atoms with E-state index in [0.717, 1.165) is 61.0 Å². The van der Waals surface area contributed by atoms with E-state index in [0.29, 0.717) is 23.7 Å². The van der Waals surface area contributed by atoms with Crippen molar-refractivity contribution in [1.82, 2.24) is 28.6 Å².